The summed E-state index contributed by atoms with van der Waals surface area (Å²) in [5, 5.41) is 2.90. The van der Waals surface area contributed by atoms with Gasteiger partial charge < -0.3 is 11.1 Å². The lowest BCUT2D eigenvalue weighted by Gasteiger charge is -2.18. The molecule has 0 spiro atoms. The third-order valence-corrected chi connectivity index (χ3v) is 3.45. The smallest absolute Gasteiger partial charge is 0.227 e. The van der Waals surface area contributed by atoms with E-state index in [0.717, 1.165) is 10.0 Å². The van der Waals surface area contributed by atoms with Gasteiger partial charge in [0.2, 0.25) is 5.91 Å². The molecule has 0 bridgehead atoms. The van der Waals surface area contributed by atoms with Gasteiger partial charge in [0.1, 0.15) is 0 Å². The van der Waals surface area contributed by atoms with Crippen LogP contribution in [0.25, 0.3) is 0 Å². The lowest BCUT2D eigenvalue weighted by atomic mass is 9.97. The molecular formula is C13H19BrN2O. The van der Waals surface area contributed by atoms with Crippen LogP contribution in [0.15, 0.2) is 16.6 Å². The SMILES string of the molecule is Cc1cc(Br)cc(N)c1NC(=O)C(C)C(C)C. The van der Waals surface area contributed by atoms with Gasteiger partial charge in [-0.1, -0.05) is 36.7 Å². The van der Waals surface area contributed by atoms with Gasteiger partial charge in [-0.05, 0) is 30.5 Å². The van der Waals surface area contributed by atoms with E-state index in [1.54, 1.807) is 6.07 Å². The highest BCUT2D eigenvalue weighted by Crippen LogP contribution is 2.28. The maximum Gasteiger partial charge on any atom is 0.227 e. The van der Waals surface area contributed by atoms with E-state index in [-0.39, 0.29) is 11.8 Å². The number of anilines is 2. The van der Waals surface area contributed by atoms with Crippen molar-refractivity contribution in [2.45, 2.75) is 27.7 Å². The van der Waals surface area contributed by atoms with Crippen LogP contribution in [0.4, 0.5) is 11.4 Å². The Labute approximate surface area is 111 Å². The first-order valence-electron chi connectivity index (χ1n) is 5.69. The molecule has 0 radical (unpaired) electrons. The van der Waals surface area contributed by atoms with Crippen LogP contribution < -0.4 is 11.1 Å². The van der Waals surface area contributed by atoms with Crippen molar-refractivity contribution in [1.82, 2.24) is 0 Å². The normalized spacial score (nSPS) is 12.6. The summed E-state index contributed by atoms with van der Waals surface area (Å²) in [6.07, 6.45) is 0. The highest BCUT2D eigenvalue weighted by Gasteiger charge is 2.18. The predicted molar refractivity (Wildman–Crippen MR) is 75.9 cm³/mol. The second-order valence-electron chi connectivity index (χ2n) is 4.71. The molecule has 17 heavy (non-hydrogen) atoms. The Hall–Kier alpha value is -1.03. The second-order valence-corrected chi connectivity index (χ2v) is 5.62. The van der Waals surface area contributed by atoms with Gasteiger partial charge in [0.15, 0.2) is 0 Å². The molecule has 4 heteroatoms. The van der Waals surface area contributed by atoms with E-state index in [4.69, 9.17) is 5.73 Å². The molecule has 3 N–H and O–H groups in total. The summed E-state index contributed by atoms with van der Waals surface area (Å²) in [5.74, 6) is 0.293. The van der Waals surface area contributed by atoms with Gasteiger partial charge in [0.05, 0.1) is 11.4 Å². The number of amides is 1. The summed E-state index contributed by atoms with van der Waals surface area (Å²) in [5.41, 5.74) is 8.16. The molecule has 0 fully saturated rings. The molecule has 0 saturated heterocycles. The third-order valence-electron chi connectivity index (χ3n) is 2.99. The van der Waals surface area contributed by atoms with Crippen molar-refractivity contribution in [1.29, 1.82) is 0 Å². The topological polar surface area (TPSA) is 55.1 Å². The monoisotopic (exact) mass is 298 g/mol. The zero-order valence-corrected chi connectivity index (χ0v) is 12.3. The molecule has 0 saturated carbocycles. The summed E-state index contributed by atoms with van der Waals surface area (Å²) < 4.78 is 0.919. The Morgan fingerprint density at radius 2 is 1.94 bits per heavy atom. The maximum absolute atomic E-state index is 12.0. The molecule has 0 aliphatic rings. The molecule has 0 aromatic heterocycles. The Morgan fingerprint density at radius 3 is 2.41 bits per heavy atom. The standard InChI is InChI=1S/C13H19BrN2O/c1-7(2)9(4)13(17)16-12-8(3)5-10(14)6-11(12)15/h5-7,9H,15H2,1-4H3,(H,16,17). The van der Waals surface area contributed by atoms with Crippen LogP contribution >= 0.6 is 15.9 Å². The van der Waals surface area contributed by atoms with E-state index >= 15 is 0 Å². The number of nitrogen functional groups attached to an aromatic ring is 1. The molecule has 0 aliphatic heterocycles. The van der Waals surface area contributed by atoms with Crippen molar-refractivity contribution >= 4 is 33.2 Å². The number of carbonyl (C=O) groups is 1. The Bertz CT molecular complexity index is 406. The first kappa shape index (κ1) is 14.0. The second kappa shape index (κ2) is 5.54. The maximum atomic E-state index is 12.0. The molecule has 1 amide bonds. The van der Waals surface area contributed by atoms with Crippen molar-refractivity contribution in [3.8, 4) is 0 Å². The number of nitrogens with two attached hydrogens (primary N) is 1. The Balaban J connectivity index is 2.93. The largest absolute Gasteiger partial charge is 0.397 e. The molecule has 1 unspecified atom stereocenters. The van der Waals surface area contributed by atoms with Gasteiger partial charge in [-0.15, -0.1) is 0 Å². The van der Waals surface area contributed by atoms with Crippen LogP contribution in [0.2, 0.25) is 0 Å². The number of hydrogen-bond acceptors (Lipinski definition) is 2. The van der Waals surface area contributed by atoms with Gasteiger partial charge in [0.25, 0.3) is 0 Å². The van der Waals surface area contributed by atoms with Crippen molar-refractivity contribution in [2.75, 3.05) is 11.1 Å². The van der Waals surface area contributed by atoms with Crippen LogP contribution in [0.3, 0.4) is 0 Å². The fraction of sp³-hybridized carbons (Fsp3) is 0.462. The number of nitrogens with one attached hydrogen (secondary N) is 1. The van der Waals surface area contributed by atoms with E-state index in [9.17, 15) is 4.79 Å². The van der Waals surface area contributed by atoms with Crippen molar-refractivity contribution < 1.29 is 4.79 Å². The van der Waals surface area contributed by atoms with Crippen molar-refractivity contribution in [3.05, 3.63) is 22.2 Å². The minimum Gasteiger partial charge on any atom is -0.397 e. The number of rotatable bonds is 3. The van der Waals surface area contributed by atoms with E-state index < -0.39 is 0 Å². The molecule has 1 aromatic rings. The number of aryl methyl sites for hydroxylation is 1. The fourth-order valence-electron chi connectivity index (χ4n) is 1.48. The Morgan fingerprint density at radius 1 is 1.35 bits per heavy atom. The van der Waals surface area contributed by atoms with Crippen LogP contribution in [0.5, 0.6) is 0 Å². The number of benzene rings is 1. The van der Waals surface area contributed by atoms with E-state index in [1.165, 1.54) is 0 Å². The Kier molecular flexibility index (Phi) is 4.57. The third kappa shape index (κ3) is 3.46. The minimum atomic E-state index is -0.0301. The number of hydrogen-bond donors (Lipinski definition) is 2. The molecule has 1 atom stereocenters. The summed E-state index contributed by atoms with van der Waals surface area (Å²) in [7, 11) is 0. The molecule has 0 aliphatic carbocycles. The number of halogens is 1. The zero-order chi connectivity index (χ0) is 13.2. The predicted octanol–water partition coefficient (Wildman–Crippen LogP) is 3.57. The summed E-state index contributed by atoms with van der Waals surface area (Å²) in [6, 6.07) is 3.73. The molecule has 1 rings (SSSR count). The van der Waals surface area contributed by atoms with Crippen molar-refractivity contribution in [2.24, 2.45) is 11.8 Å². The quantitative estimate of drug-likeness (QED) is 0.838. The van der Waals surface area contributed by atoms with Gasteiger partial charge in [0, 0.05) is 10.4 Å². The lowest BCUT2D eigenvalue weighted by Crippen LogP contribution is -2.25. The van der Waals surface area contributed by atoms with Gasteiger partial charge in [-0.25, -0.2) is 0 Å². The van der Waals surface area contributed by atoms with Gasteiger partial charge >= 0.3 is 0 Å². The van der Waals surface area contributed by atoms with Gasteiger partial charge in [-0.2, -0.15) is 0 Å². The minimum absolute atomic E-state index is 0.0112. The molecule has 0 heterocycles. The summed E-state index contributed by atoms with van der Waals surface area (Å²) in [4.78, 5) is 12.0. The first-order chi connectivity index (χ1) is 7.82. The van der Waals surface area contributed by atoms with Crippen LogP contribution in [-0.2, 0) is 4.79 Å². The van der Waals surface area contributed by atoms with E-state index in [2.05, 4.69) is 21.2 Å². The lowest BCUT2D eigenvalue weighted by molar-refractivity contribution is -0.120. The van der Waals surface area contributed by atoms with Crippen molar-refractivity contribution in [3.63, 3.8) is 0 Å². The van der Waals surface area contributed by atoms with Crippen LogP contribution in [0, 0.1) is 18.8 Å². The fourth-order valence-corrected chi connectivity index (χ4v) is 2.07. The molecule has 3 nitrogen and oxygen atoms in total. The van der Waals surface area contributed by atoms with E-state index in [1.807, 2.05) is 33.8 Å². The summed E-state index contributed by atoms with van der Waals surface area (Å²) in [6.45, 7) is 7.91. The zero-order valence-electron chi connectivity index (χ0n) is 10.7. The van der Waals surface area contributed by atoms with Crippen LogP contribution in [0.1, 0.15) is 26.3 Å². The highest BCUT2D eigenvalue weighted by molar-refractivity contribution is 9.10. The molecular weight excluding hydrogens is 280 g/mol. The summed E-state index contributed by atoms with van der Waals surface area (Å²) >= 11 is 3.37. The van der Waals surface area contributed by atoms with E-state index in [0.29, 0.717) is 17.3 Å². The molecule has 1 aromatic carbocycles. The van der Waals surface area contributed by atoms with Gasteiger partial charge in [-0.3, -0.25) is 4.79 Å². The molecule has 94 valence electrons. The van der Waals surface area contributed by atoms with Crippen LogP contribution in [-0.4, -0.2) is 5.91 Å². The highest BCUT2D eigenvalue weighted by atomic mass is 79.9. The average Bonchev–Trinajstić information content (AvgIpc) is 2.21. The number of carbonyl (C=O) groups excluding carboxylic acids is 1. The average molecular weight is 299 g/mol. The first-order valence-corrected chi connectivity index (χ1v) is 6.48.